The number of phenols is 1. The lowest BCUT2D eigenvalue weighted by Gasteiger charge is -2.30. The van der Waals surface area contributed by atoms with Crippen molar-refractivity contribution in [2.75, 3.05) is 5.32 Å². The van der Waals surface area contributed by atoms with Gasteiger partial charge in [-0.05, 0) is 37.1 Å². The Bertz CT molecular complexity index is 896. The Morgan fingerprint density at radius 1 is 0.960 bits per heavy atom. The molecule has 1 heterocycles. The molecule has 1 fully saturated rings. The van der Waals surface area contributed by atoms with E-state index in [4.69, 9.17) is 10.7 Å². The highest BCUT2D eigenvalue weighted by molar-refractivity contribution is 5.91. The van der Waals surface area contributed by atoms with E-state index in [2.05, 4.69) is 10.3 Å². The van der Waals surface area contributed by atoms with Gasteiger partial charge in [-0.1, -0.05) is 37.1 Å². The van der Waals surface area contributed by atoms with Crippen LogP contribution in [0.3, 0.4) is 0 Å². The van der Waals surface area contributed by atoms with E-state index in [1.807, 2.05) is 36.4 Å². The number of hydrogen-bond donors (Lipinski definition) is 3. The van der Waals surface area contributed by atoms with Crippen molar-refractivity contribution >= 4 is 16.7 Å². The zero-order valence-corrected chi connectivity index (χ0v) is 14.0. The number of nitrogens with two attached hydrogens (primary N) is 1. The van der Waals surface area contributed by atoms with E-state index in [0.717, 1.165) is 29.6 Å². The standard InChI is InChI=1S/C20H22N4O/c21-15-9-3-5-11-17(15)23-19-13-7-1-4-10-16(13)22-20(24-19)14-8-2-6-12-18(14)25/h1-2,4,6-8,10,12,15,17,25H,3,5,9,11,21H2,(H,22,23,24). The lowest BCUT2D eigenvalue weighted by Crippen LogP contribution is -2.42. The van der Waals surface area contributed by atoms with Crippen molar-refractivity contribution in [1.29, 1.82) is 0 Å². The van der Waals surface area contributed by atoms with E-state index in [1.165, 1.54) is 12.8 Å². The zero-order chi connectivity index (χ0) is 17.2. The summed E-state index contributed by atoms with van der Waals surface area (Å²) in [6.07, 6.45) is 4.45. The first-order chi connectivity index (χ1) is 12.2. The molecule has 1 saturated carbocycles. The average molecular weight is 334 g/mol. The SMILES string of the molecule is NC1CCCCC1Nc1nc(-c2ccccc2O)nc2ccccc12. The van der Waals surface area contributed by atoms with Crippen molar-refractivity contribution in [3.05, 3.63) is 48.5 Å². The molecule has 25 heavy (non-hydrogen) atoms. The lowest BCUT2D eigenvalue weighted by molar-refractivity contribution is 0.403. The largest absolute Gasteiger partial charge is 0.507 e. The molecule has 5 nitrogen and oxygen atoms in total. The topological polar surface area (TPSA) is 84.1 Å². The van der Waals surface area contributed by atoms with Crippen LogP contribution in [0, 0.1) is 0 Å². The van der Waals surface area contributed by atoms with Crippen molar-refractivity contribution in [3.8, 4) is 17.1 Å². The van der Waals surface area contributed by atoms with E-state index < -0.39 is 0 Å². The Labute approximate surface area is 146 Å². The summed E-state index contributed by atoms with van der Waals surface area (Å²) in [5, 5.41) is 14.7. The molecular weight excluding hydrogens is 312 g/mol. The molecule has 1 aromatic heterocycles. The third-order valence-electron chi connectivity index (χ3n) is 4.89. The second kappa shape index (κ2) is 6.69. The van der Waals surface area contributed by atoms with Crippen LogP contribution in [0.5, 0.6) is 5.75 Å². The number of phenolic OH excluding ortho intramolecular Hbond substituents is 1. The number of benzene rings is 2. The fourth-order valence-electron chi connectivity index (χ4n) is 3.48. The number of aromatic hydroxyl groups is 1. The fourth-order valence-corrected chi connectivity index (χ4v) is 3.48. The third kappa shape index (κ3) is 3.15. The quantitative estimate of drug-likeness (QED) is 0.680. The van der Waals surface area contributed by atoms with Crippen LogP contribution >= 0.6 is 0 Å². The molecular formula is C20H22N4O. The minimum atomic E-state index is 0.135. The van der Waals surface area contributed by atoms with Gasteiger partial charge in [-0.15, -0.1) is 0 Å². The molecule has 128 valence electrons. The molecule has 3 aromatic rings. The smallest absolute Gasteiger partial charge is 0.165 e. The van der Waals surface area contributed by atoms with E-state index in [9.17, 15) is 5.11 Å². The van der Waals surface area contributed by atoms with Crippen molar-refractivity contribution in [2.24, 2.45) is 5.73 Å². The number of hydrogen-bond acceptors (Lipinski definition) is 5. The number of nitrogens with zero attached hydrogens (tertiary/aromatic N) is 2. The number of para-hydroxylation sites is 2. The third-order valence-corrected chi connectivity index (χ3v) is 4.89. The number of fused-ring (bicyclic) bond motifs is 1. The van der Waals surface area contributed by atoms with Crippen molar-refractivity contribution < 1.29 is 5.11 Å². The molecule has 0 spiro atoms. The monoisotopic (exact) mass is 334 g/mol. The van der Waals surface area contributed by atoms with Crippen LogP contribution in [0.25, 0.3) is 22.3 Å². The molecule has 0 amide bonds. The number of rotatable bonds is 3. The lowest BCUT2D eigenvalue weighted by atomic mass is 9.91. The predicted molar refractivity (Wildman–Crippen MR) is 100 cm³/mol. The summed E-state index contributed by atoms with van der Waals surface area (Å²) in [4.78, 5) is 9.36. The molecule has 0 saturated heterocycles. The molecule has 5 heteroatoms. The molecule has 0 aliphatic heterocycles. The molecule has 0 bridgehead atoms. The molecule has 1 aliphatic rings. The summed E-state index contributed by atoms with van der Waals surface area (Å²) in [5.41, 5.74) is 7.78. The highest BCUT2D eigenvalue weighted by Crippen LogP contribution is 2.31. The maximum Gasteiger partial charge on any atom is 0.165 e. The van der Waals surface area contributed by atoms with E-state index in [0.29, 0.717) is 11.4 Å². The fraction of sp³-hybridized carbons (Fsp3) is 0.300. The molecule has 4 N–H and O–H groups in total. The van der Waals surface area contributed by atoms with Gasteiger partial charge in [0.05, 0.1) is 11.1 Å². The van der Waals surface area contributed by atoms with Crippen LogP contribution in [0.2, 0.25) is 0 Å². The summed E-state index contributed by atoms with van der Waals surface area (Å²) < 4.78 is 0. The molecule has 2 atom stereocenters. The van der Waals surface area contributed by atoms with Gasteiger partial charge in [0.25, 0.3) is 0 Å². The number of aromatic nitrogens is 2. The average Bonchev–Trinajstić information content (AvgIpc) is 2.64. The van der Waals surface area contributed by atoms with Crippen molar-refractivity contribution in [2.45, 2.75) is 37.8 Å². The molecule has 4 rings (SSSR count). The van der Waals surface area contributed by atoms with Gasteiger partial charge in [-0.2, -0.15) is 0 Å². The maximum absolute atomic E-state index is 10.2. The van der Waals surface area contributed by atoms with Crippen LogP contribution in [0.1, 0.15) is 25.7 Å². The van der Waals surface area contributed by atoms with Gasteiger partial charge < -0.3 is 16.2 Å². The first-order valence-corrected chi connectivity index (χ1v) is 8.79. The van der Waals surface area contributed by atoms with Gasteiger partial charge >= 0.3 is 0 Å². The predicted octanol–water partition coefficient (Wildman–Crippen LogP) is 3.68. The van der Waals surface area contributed by atoms with Gasteiger partial charge in [0.1, 0.15) is 11.6 Å². The molecule has 0 radical (unpaired) electrons. The normalized spacial score (nSPS) is 20.5. The minimum absolute atomic E-state index is 0.135. The first kappa shape index (κ1) is 15.8. The molecule has 2 unspecified atom stereocenters. The Morgan fingerprint density at radius 3 is 2.56 bits per heavy atom. The zero-order valence-electron chi connectivity index (χ0n) is 14.0. The van der Waals surface area contributed by atoms with Gasteiger partial charge in [0.15, 0.2) is 5.82 Å². The minimum Gasteiger partial charge on any atom is -0.507 e. The Kier molecular flexibility index (Phi) is 4.24. The Morgan fingerprint density at radius 2 is 1.72 bits per heavy atom. The van der Waals surface area contributed by atoms with E-state index in [-0.39, 0.29) is 17.8 Å². The summed E-state index contributed by atoms with van der Waals surface area (Å²) in [6, 6.07) is 15.4. The van der Waals surface area contributed by atoms with Crippen LogP contribution in [0.4, 0.5) is 5.82 Å². The summed E-state index contributed by atoms with van der Waals surface area (Å²) in [7, 11) is 0. The van der Waals surface area contributed by atoms with Crippen LogP contribution in [-0.2, 0) is 0 Å². The maximum atomic E-state index is 10.2. The van der Waals surface area contributed by atoms with Crippen molar-refractivity contribution in [1.82, 2.24) is 9.97 Å². The van der Waals surface area contributed by atoms with Gasteiger partial charge in [0, 0.05) is 17.5 Å². The van der Waals surface area contributed by atoms with E-state index >= 15 is 0 Å². The first-order valence-electron chi connectivity index (χ1n) is 8.79. The van der Waals surface area contributed by atoms with Crippen LogP contribution < -0.4 is 11.1 Å². The Balaban J connectivity index is 1.80. The number of nitrogens with one attached hydrogen (secondary N) is 1. The van der Waals surface area contributed by atoms with Crippen LogP contribution in [0.15, 0.2) is 48.5 Å². The molecule has 1 aliphatic carbocycles. The second-order valence-electron chi connectivity index (χ2n) is 6.63. The summed E-state index contributed by atoms with van der Waals surface area (Å²) in [6.45, 7) is 0. The van der Waals surface area contributed by atoms with Gasteiger partial charge in [-0.25, -0.2) is 9.97 Å². The van der Waals surface area contributed by atoms with Crippen molar-refractivity contribution in [3.63, 3.8) is 0 Å². The second-order valence-corrected chi connectivity index (χ2v) is 6.63. The summed E-state index contributed by atoms with van der Waals surface area (Å²) in [5.74, 6) is 1.48. The van der Waals surface area contributed by atoms with Gasteiger partial charge in [0.2, 0.25) is 0 Å². The van der Waals surface area contributed by atoms with Gasteiger partial charge in [-0.3, -0.25) is 0 Å². The summed E-state index contributed by atoms with van der Waals surface area (Å²) >= 11 is 0. The number of anilines is 1. The van der Waals surface area contributed by atoms with Crippen LogP contribution in [-0.4, -0.2) is 27.2 Å². The highest BCUT2D eigenvalue weighted by Gasteiger charge is 2.23. The van der Waals surface area contributed by atoms with E-state index in [1.54, 1.807) is 12.1 Å². The highest BCUT2D eigenvalue weighted by atomic mass is 16.3. The Hall–Kier alpha value is -2.66. The molecule has 2 aromatic carbocycles.